The first-order valence-electron chi connectivity index (χ1n) is 10.7. The summed E-state index contributed by atoms with van der Waals surface area (Å²) in [5.41, 5.74) is 0. The number of rotatable bonds is 14. The molecule has 0 fully saturated rings. The topological polar surface area (TPSA) is 130 Å². The molecule has 0 unspecified atom stereocenters. The Morgan fingerprint density at radius 3 is 2.59 bits per heavy atom. The van der Waals surface area contributed by atoms with Gasteiger partial charge >= 0.3 is 16.4 Å². The Labute approximate surface area is 190 Å². The van der Waals surface area contributed by atoms with Crippen molar-refractivity contribution in [3.63, 3.8) is 0 Å². The van der Waals surface area contributed by atoms with E-state index in [-0.39, 0.29) is 6.42 Å². The molecular formula is C23H34O8S. The van der Waals surface area contributed by atoms with E-state index in [0.29, 0.717) is 0 Å². The van der Waals surface area contributed by atoms with E-state index in [9.17, 15) is 23.4 Å². The number of cyclic esters (lactones) is 1. The number of hydrogen-bond acceptors (Lipinski definition) is 7. The smallest absolute Gasteiger partial charge is 0.397 e. The zero-order valence-corrected chi connectivity index (χ0v) is 19.3. The van der Waals surface area contributed by atoms with Gasteiger partial charge in [0.25, 0.3) is 0 Å². The number of esters is 1. The van der Waals surface area contributed by atoms with Crippen LogP contribution in [0.2, 0.25) is 0 Å². The highest BCUT2D eigenvalue weighted by atomic mass is 32.3. The number of aliphatic hydroxyl groups excluding tert-OH is 2. The van der Waals surface area contributed by atoms with Gasteiger partial charge in [0.1, 0.15) is 12.2 Å². The van der Waals surface area contributed by atoms with Crippen LogP contribution in [0.5, 0.6) is 0 Å². The van der Waals surface area contributed by atoms with Gasteiger partial charge in [-0.3, -0.25) is 4.55 Å². The molecule has 8 nitrogen and oxygen atoms in total. The van der Waals surface area contributed by atoms with Crippen molar-refractivity contribution in [3.8, 4) is 0 Å². The fraction of sp³-hybridized carbons (Fsp3) is 0.522. The zero-order valence-electron chi connectivity index (χ0n) is 18.5. The average molecular weight is 471 g/mol. The van der Waals surface area contributed by atoms with E-state index in [1.807, 2.05) is 12.2 Å². The second kappa shape index (κ2) is 14.9. The lowest BCUT2D eigenvalue weighted by Crippen LogP contribution is -2.33. The molecule has 5 atom stereocenters. The van der Waals surface area contributed by atoms with Gasteiger partial charge in [0.15, 0.2) is 0 Å². The van der Waals surface area contributed by atoms with E-state index in [1.165, 1.54) is 37.1 Å². The molecule has 32 heavy (non-hydrogen) atoms. The van der Waals surface area contributed by atoms with Gasteiger partial charge in [-0.1, -0.05) is 69.2 Å². The van der Waals surface area contributed by atoms with Crippen LogP contribution < -0.4 is 0 Å². The summed E-state index contributed by atoms with van der Waals surface area (Å²) < 4.78 is 41.2. The number of carbonyl (C=O) groups is 1. The normalized spacial score (nSPS) is 22.8. The predicted octanol–water partition coefficient (Wildman–Crippen LogP) is 3.21. The fourth-order valence-electron chi connectivity index (χ4n) is 2.92. The van der Waals surface area contributed by atoms with Crippen molar-refractivity contribution in [2.24, 2.45) is 5.92 Å². The molecule has 0 aromatic heterocycles. The van der Waals surface area contributed by atoms with Gasteiger partial charge in [-0.25, -0.2) is 8.98 Å². The Morgan fingerprint density at radius 2 is 1.91 bits per heavy atom. The first kappa shape index (κ1) is 28.0. The zero-order chi connectivity index (χ0) is 24.0. The summed E-state index contributed by atoms with van der Waals surface area (Å²) in [4.78, 5) is 11.3. The molecule has 1 rings (SSSR count). The minimum Gasteiger partial charge on any atom is -0.452 e. The Balaban J connectivity index is 2.67. The van der Waals surface area contributed by atoms with Crippen LogP contribution in [-0.2, 0) is 24.1 Å². The lowest BCUT2D eigenvalue weighted by molar-refractivity contribution is -0.146. The van der Waals surface area contributed by atoms with E-state index in [0.717, 1.165) is 18.9 Å². The van der Waals surface area contributed by atoms with Crippen LogP contribution >= 0.6 is 0 Å². The fourth-order valence-corrected chi connectivity index (χ4v) is 3.48. The molecule has 0 bridgehead atoms. The molecule has 9 heteroatoms. The first-order chi connectivity index (χ1) is 15.1. The maximum absolute atomic E-state index is 11.3. The van der Waals surface area contributed by atoms with Gasteiger partial charge in [-0.2, -0.15) is 8.42 Å². The highest BCUT2D eigenvalue weighted by Gasteiger charge is 2.28. The van der Waals surface area contributed by atoms with E-state index in [2.05, 4.69) is 13.0 Å². The molecule has 1 aliphatic rings. The highest BCUT2D eigenvalue weighted by Crippen LogP contribution is 2.20. The lowest BCUT2D eigenvalue weighted by Gasteiger charge is -2.25. The first-order valence-corrected chi connectivity index (χ1v) is 12.1. The number of carbonyl (C=O) groups excluding carboxylic acids is 1. The molecule has 0 saturated heterocycles. The Kier molecular flexibility index (Phi) is 13.0. The molecule has 0 aliphatic carbocycles. The summed E-state index contributed by atoms with van der Waals surface area (Å²) >= 11 is 0. The van der Waals surface area contributed by atoms with Gasteiger partial charge in [-0.15, -0.1) is 0 Å². The molecule has 0 spiro atoms. The van der Waals surface area contributed by atoms with E-state index in [1.54, 1.807) is 19.1 Å². The van der Waals surface area contributed by atoms with Crippen LogP contribution in [0.15, 0.2) is 60.8 Å². The van der Waals surface area contributed by atoms with Gasteiger partial charge < -0.3 is 14.9 Å². The number of aliphatic hydroxyl groups is 2. The SMILES string of the molecule is CCCCC/C=C/C=C/C=C/[C@H](O)[C@H](C)[C@@H](C/C=C/[C@H]1OC(=O)C=C[C@H]1O)OS(=O)(=O)O. The number of hydrogen-bond donors (Lipinski definition) is 3. The van der Waals surface area contributed by atoms with Crippen LogP contribution in [-0.4, -0.2) is 53.6 Å². The summed E-state index contributed by atoms with van der Waals surface area (Å²) in [5, 5.41) is 20.2. The average Bonchev–Trinajstić information content (AvgIpc) is 2.72. The molecule has 0 aromatic carbocycles. The van der Waals surface area contributed by atoms with Gasteiger partial charge in [0.2, 0.25) is 0 Å². The lowest BCUT2D eigenvalue weighted by atomic mass is 9.95. The van der Waals surface area contributed by atoms with Crippen LogP contribution in [0.25, 0.3) is 0 Å². The Morgan fingerprint density at radius 1 is 1.19 bits per heavy atom. The van der Waals surface area contributed by atoms with Crippen molar-refractivity contribution >= 4 is 16.4 Å². The number of unbranched alkanes of at least 4 members (excludes halogenated alkanes) is 3. The number of allylic oxidation sites excluding steroid dienone is 5. The molecule has 3 N–H and O–H groups in total. The van der Waals surface area contributed by atoms with Crippen LogP contribution in [0.3, 0.4) is 0 Å². The van der Waals surface area contributed by atoms with Crippen molar-refractivity contribution in [2.45, 2.75) is 70.4 Å². The van der Waals surface area contributed by atoms with Crippen molar-refractivity contribution in [3.05, 3.63) is 60.8 Å². The molecule has 0 amide bonds. The predicted molar refractivity (Wildman–Crippen MR) is 122 cm³/mol. The standard InChI is InChI=1S/C23H34O8S/c1-3-4-5-6-7-8-9-10-11-13-19(24)18(2)21(31-32(27,28)29)14-12-15-22-20(25)16-17-23(26)30-22/h7-13,15-22,24-25H,3-6,14H2,1-2H3,(H,27,28,29)/b8-7+,10-9+,13-11+,15-12+/t18-,19-,20+,21+,22+/m0/s1. The van der Waals surface area contributed by atoms with Gasteiger partial charge in [0.05, 0.1) is 12.2 Å². The molecular weight excluding hydrogens is 436 g/mol. The third kappa shape index (κ3) is 12.1. The third-order valence-electron chi connectivity index (χ3n) is 4.83. The monoisotopic (exact) mass is 470 g/mol. The summed E-state index contributed by atoms with van der Waals surface area (Å²) in [6, 6.07) is 0. The second-order valence-electron chi connectivity index (χ2n) is 7.52. The molecule has 1 heterocycles. The summed E-state index contributed by atoms with van der Waals surface area (Å²) in [7, 11) is -4.76. The summed E-state index contributed by atoms with van der Waals surface area (Å²) in [5.74, 6) is -1.30. The molecule has 180 valence electrons. The minimum absolute atomic E-state index is 0.0212. The third-order valence-corrected chi connectivity index (χ3v) is 5.33. The maximum atomic E-state index is 11.3. The van der Waals surface area contributed by atoms with Crippen LogP contribution in [0, 0.1) is 5.92 Å². The molecule has 0 radical (unpaired) electrons. The summed E-state index contributed by atoms with van der Waals surface area (Å²) in [6.07, 6.45) is 16.4. The van der Waals surface area contributed by atoms with E-state index >= 15 is 0 Å². The van der Waals surface area contributed by atoms with Crippen LogP contribution in [0.4, 0.5) is 0 Å². The molecule has 0 saturated carbocycles. The highest BCUT2D eigenvalue weighted by molar-refractivity contribution is 7.80. The minimum atomic E-state index is -4.76. The van der Waals surface area contributed by atoms with Crippen molar-refractivity contribution in [2.75, 3.05) is 0 Å². The Hall–Kier alpha value is -2.04. The van der Waals surface area contributed by atoms with Crippen LogP contribution in [0.1, 0.15) is 46.0 Å². The van der Waals surface area contributed by atoms with Crippen molar-refractivity contribution < 1.29 is 36.9 Å². The summed E-state index contributed by atoms with van der Waals surface area (Å²) in [6.45, 7) is 3.73. The quantitative estimate of drug-likeness (QED) is 0.116. The number of ether oxygens (including phenoxy) is 1. The van der Waals surface area contributed by atoms with E-state index < -0.39 is 46.7 Å². The molecule has 0 aromatic rings. The Bertz CT molecular complexity index is 810. The van der Waals surface area contributed by atoms with Crippen molar-refractivity contribution in [1.29, 1.82) is 0 Å². The largest absolute Gasteiger partial charge is 0.452 e. The van der Waals surface area contributed by atoms with Gasteiger partial charge in [-0.05, 0) is 31.4 Å². The van der Waals surface area contributed by atoms with E-state index in [4.69, 9.17) is 13.5 Å². The maximum Gasteiger partial charge on any atom is 0.397 e. The van der Waals surface area contributed by atoms with Gasteiger partial charge in [0, 0.05) is 12.0 Å². The second-order valence-corrected chi connectivity index (χ2v) is 8.57. The molecule has 1 aliphatic heterocycles. The van der Waals surface area contributed by atoms with Crippen molar-refractivity contribution in [1.82, 2.24) is 0 Å².